The van der Waals surface area contributed by atoms with Crippen LogP contribution in [0.3, 0.4) is 0 Å². The molecule has 2 aromatic carbocycles. The maximum atomic E-state index is 5.47. The van der Waals surface area contributed by atoms with E-state index in [1.807, 2.05) is 0 Å². The average Bonchev–Trinajstić information content (AvgIpc) is 3.19. The summed E-state index contributed by atoms with van der Waals surface area (Å²) < 4.78 is 0. The summed E-state index contributed by atoms with van der Waals surface area (Å²) in [5.41, 5.74) is 15.0. The number of aryl methyl sites for hydroxylation is 4. The second-order valence-corrected chi connectivity index (χ2v) is 17.1. The van der Waals surface area contributed by atoms with Crippen LogP contribution in [0.25, 0.3) is 6.08 Å². The van der Waals surface area contributed by atoms with Crippen LogP contribution in [0.5, 0.6) is 0 Å². The zero-order valence-electron chi connectivity index (χ0n) is 38.3. The molecule has 0 N–H and O–H groups in total. The van der Waals surface area contributed by atoms with Crippen LogP contribution in [0, 0.1) is 0 Å². The highest BCUT2D eigenvalue weighted by molar-refractivity contribution is 6.03. The van der Waals surface area contributed by atoms with Crippen LogP contribution in [0.4, 0.5) is 5.69 Å². The molecule has 0 spiro atoms. The van der Waals surface area contributed by atoms with Crippen molar-refractivity contribution in [3.05, 3.63) is 68.8 Å². The Labute approximate surface area is 344 Å². The summed E-state index contributed by atoms with van der Waals surface area (Å²) in [5.74, 6) is 0. The predicted molar refractivity (Wildman–Crippen MR) is 251 cm³/mol. The van der Waals surface area contributed by atoms with Gasteiger partial charge >= 0.3 is 0 Å². The molecule has 55 heavy (non-hydrogen) atoms. The Morgan fingerprint density at radius 3 is 1.13 bits per heavy atom. The number of unbranched alkanes of at least 4 members (excludes halogenated alkanes) is 18. The molecular weight excluding hydrogens is 663 g/mol. The normalized spacial score (nSPS) is 12.3. The lowest BCUT2D eigenvalue weighted by molar-refractivity contribution is 0.603. The van der Waals surface area contributed by atoms with E-state index in [9.17, 15) is 0 Å². The van der Waals surface area contributed by atoms with E-state index in [1.54, 1.807) is 33.4 Å². The largest absolute Gasteiger partial charge is 0.253 e. The van der Waals surface area contributed by atoms with Gasteiger partial charge in [0.25, 0.3) is 0 Å². The van der Waals surface area contributed by atoms with Crippen LogP contribution < -0.4 is 0 Å². The Balaban J connectivity index is 2.54. The zero-order valence-corrected chi connectivity index (χ0v) is 38.3. The van der Waals surface area contributed by atoms with Crippen LogP contribution in [0.15, 0.2) is 34.8 Å². The molecule has 0 aliphatic carbocycles. The second kappa shape index (κ2) is 31.9. The Kier molecular flexibility index (Phi) is 28.4. The van der Waals surface area contributed by atoms with E-state index < -0.39 is 0 Å². The van der Waals surface area contributed by atoms with Crippen molar-refractivity contribution in [2.45, 2.75) is 254 Å². The summed E-state index contributed by atoms with van der Waals surface area (Å²) >= 11 is 0. The van der Waals surface area contributed by atoms with Gasteiger partial charge in [0, 0.05) is 5.71 Å². The molecular formula is C54H91N. The van der Waals surface area contributed by atoms with E-state index in [1.165, 1.54) is 215 Å². The van der Waals surface area contributed by atoms with Crippen molar-refractivity contribution in [3.63, 3.8) is 0 Å². The van der Waals surface area contributed by atoms with Crippen molar-refractivity contribution in [2.24, 2.45) is 4.99 Å². The lowest BCUT2D eigenvalue weighted by Gasteiger charge is -2.18. The predicted octanol–water partition coefficient (Wildman–Crippen LogP) is 18.0. The van der Waals surface area contributed by atoms with Crippen molar-refractivity contribution in [3.8, 4) is 0 Å². The highest BCUT2D eigenvalue weighted by atomic mass is 14.7. The van der Waals surface area contributed by atoms with E-state index >= 15 is 0 Å². The van der Waals surface area contributed by atoms with Crippen LogP contribution in [-0.4, -0.2) is 5.71 Å². The van der Waals surface area contributed by atoms with Gasteiger partial charge in [0.1, 0.15) is 0 Å². The highest BCUT2D eigenvalue weighted by Gasteiger charge is 2.14. The van der Waals surface area contributed by atoms with Crippen LogP contribution in [-0.2, 0) is 38.5 Å². The van der Waals surface area contributed by atoms with Gasteiger partial charge in [0.15, 0.2) is 0 Å². The fourth-order valence-electron chi connectivity index (χ4n) is 8.60. The molecule has 0 radical (unpaired) electrons. The lowest BCUT2D eigenvalue weighted by atomic mass is 9.88. The number of hydrogen-bond acceptors (Lipinski definition) is 1. The van der Waals surface area contributed by atoms with E-state index in [4.69, 9.17) is 4.99 Å². The van der Waals surface area contributed by atoms with Crippen molar-refractivity contribution in [2.75, 3.05) is 0 Å². The molecule has 0 aromatic heterocycles. The van der Waals surface area contributed by atoms with Gasteiger partial charge in [-0.3, -0.25) is 4.99 Å². The molecule has 312 valence electrons. The molecule has 2 aromatic rings. The lowest BCUT2D eigenvalue weighted by Crippen LogP contribution is -2.04. The number of benzene rings is 2. The molecule has 0 saturated carbocycles. The summed E-state index contributed by atoms with van der Waals surface area (Å²) in [4.78, 5) is 5.47. The molecule has 0 amide bonds. The molecule has 0 bridgehead atoms. The van der Waals surface area contributed by atoms with Gasteiger partial charge in [-0.15, -0.1) is 0 Å². The smallest absolute Gasteiger partial charge is 0.0638 e. The van der Waals surface area contributed by atoms with Gasteiger partial charge < -0.3 is 0 Å². The summed E-state index contributed by atoms with van der Waals surface area (Å²) in [6.45, 7) is 18.6. The minimum absolute atomic E-state index is 1.01. The monoisotopic (exact) mass is 754 g/mol. The van der Waals surface area contributed by atoms with Crippen LogP contribution >= 0.6 is 0 Å². The van der Waals surface area contributed by atoms with Crippen LogP contribution in [0.2, 0.25) is 0 Å². The van der Waals surface area contributed by atoms with Crippen molar-refractivity contribution in [1.82, 2.24) is 0 Å². The summed E-state index contributed by atoms with van der Waals surface area (Å²) in [6.07, 6.45) is 42.9. The molecule has 1 heteroatoms. The van der Waals surface area contributed by atoms with E-state index in [-0.39, 0.29) is 0 Å². The third kappa shape index (κ3) is 20.2. The highest BCUT2D eigenvalue weighted by Crippen LogP contribution is 2.31. The zero-order chi connectivity index (χ0) is 39.9. The van der Waals surface area contributed by atoms with E-state index in [0.717, 1.165) is 6.42 Å². The fraction of sp³-hybridized carbons (Fsp3) is 0.722. The quantitative estimate of drug-likeness (QED) is 0.0498. The third-order valence-corrected chi connectivity index (χ3v) is 12.1. The fourth-order valence-corrected chi connectivity index (χ4v) is 8.60. The van der Waals surface area contributed by atoms with Crippen molar-refractivity contribution in [1.29, 1.82) is 0 Å². The molecule has 0 atom stereocenters. The minimum atomic E-state index is 1.01. The third-order valence-electron chi connectivity index (χ3n) is 12.1. The number of aliphatic imine (C=N–C) groups is 1. The molecule has 0 saturated heterocycles. The van der Waals surface area contributed by atoms with Gasteiger partial charge in [0.2, 0.25) is 0 Å². The Morgan fingerprint density at radius 1 is 0.400 bits per heavy atom. The summed E-state index contributed by atoms with van der Waals surface area (Å²) in [7, 11) is 0. The van der Waals surface area contributed by atoms with Crippen molar-refractivity contribution >= 4 is 17.5 Å². The van der Waals surface area contributed by atoms with E-state index in [2.05, 4.69) is 85.7 Å². The van der Waals surface area contributed by atoms with Crippen molar-refractivity contribution < 1.29 is 0 Å². The first kappa shape index (κ1) is 49.0. The van der Waals surface area contributed by atoms with Gasteiger partial charge in [-0.1, -0.05) is 176 Å². The number of nitrogens with zero attached hydrogens (tertiary/aromatic N) is 1. The maximum Gasteiger partial charge on any atom is 0.0638 e. The summed E-state index contributed by atoms with van der Waals surface area (Å²) in [6, 6.07) is 10.2. The molecule has 0 fully saturated rings. The number of hydrogen-bond donors (Lipinski definition) is 0. The molecule has 0 aliphatic rings. The summed E-state index contributed by atoms with van der Waals surface area (Å²) in [5, 5.41) is 0. The first-order valence-corrected chi connectivity index (χ1v) is 24.5. The number of allylic oxidation sites excluding steroid dienone is 1. The topological polar surface area (TPSA) is 12.4 Å². The molecule has 0 unspecified atom stereocenters. The first-order valence-electron chi connectivity index (χ1n) is 24.5. The van der Waals surface area contributed by atoms with Crippen LogP contribution in [0.1, 0.15) is 255 Å². The standard InChI is InChI=1S/C54H91N/c1-9-16-22-26-28-31-36-49-42-46(41-48(34-20-13-5)53(49)38-32-25-19-12-4)40-47(15-7)45(8)55-52-43-50(35-21-14-6)54(39-33-29-27-23-17-10-2)51(44-52)37-30-24-18-11-3/h40-44H,9-39H2,1-8H3. The van der Waals surface area contributed by atoms with E-state index in [0.29, 0.717) is 0 Å². The van der Waals surface area contributed by atoms with Gasteiger partial charge in [0.05, 0.1) is 5.69 Å². The minimum Gasteiger partial charge on any atom is -0.253 e. The SMILES string of the molecule is CCCCCCCCc1cc(C=C(CC)C(C)=Nc2cc(CCCC)c(CCCCCCCC)c(CCCCCC)c2)cc(CCCC)c1CCCCCC. The Hall–Kier alpha value is -2.15. The molecule has 1 nitrogen and oxygen atoms in total. The molecule has 2 rings (SSSR count). The maximum absolute atomic E-state index is 5.47. The number of rotatable bonds is 34. The molecule has 0 aliphatic heterocycles. The van der Waals surface area contributed by atoms with Gasteiger partial charge in [-0.2, -0.15) is 0 Å². The average molecular weight is 754 g/mol. The molecule has 0 heterocycles. The van der Waals surface area contributed by atoms with Gasteiger partial charge in [-0.05, 0) is 153 Å². The Morgan fingerprint density at radius 2 is 0.727 bits per heavy atom. The second-order valence-electron chi connectivity index (χ2n) is 17.1. The van der Waals surface area contributed by atoms with Gasteiger partial charge in [-0.25, -0.2) is 0 Å². The Bertz CT molecular complexity index is 1330. The first-order chi connectivity index (χ1) is 27.0.